The van der Waals surface area contributed by atoms with Crippen LogP contribution in [0.1, 0.15) is 50.4 Å². The van der Waals surface area contributed by atoms with E-state index in [4.69, 9.17) is 10.5 Å². The monoisotopic (exact) mass is 320 g/mol. The van der Waals surface area contributed by atoms with Crippen molar-refractivity contribution in [3.05, 3.63) is 16.1 Å². The molecule has 0 saturated heterocycles. The number of ether oxygens (including phenoxy) is 1. The Balaban J connectivity index is 2.80. The van der Waals surface area contributed by atoms with E-state index in [2.05, 4.69) is 11.9 Å². The average molecular weight is 320 g/mol. The standard InChI is InChI=1S/C13H24N2O3S2/c1-5-13(3,18-6-2)12-15-11(9-19-12)10(14)7-8-20(4,16)17/h9-10H,5-8,14H2,1-4H3. The van der Waals surface area contributed by atoms with Gasteiger partial charge in [-0.15, -0.1) is 11.3 Å². The predicted molar refractivity (Wildman–Crippen MR) is 82.6 cm³/mol. The summed E-state index contributed by atoms with van der Waals surface area (Å²) in [5.74, 6) is 0.0809. The van der Waals surface area contributed by atoms with Gasteiger partial charge in [0.05, 0.1) is 11.4 Å². The molecule has 0 bridgehead atoms. The molecule has 1 aromatic heterocycles. The molecule has 2 N–H and O–H groups in total. The second-order valence-corrected chi connectivity index (χ2v) is 8.24. The molecule has 1 heterocycles. The van der Waals surface area contributed by atoms with Gasteiger partial charge in [0.1, 0.15) is 20.4 Å². The Labute approximate surface area is 125 Å². The molecule has 0 aliphatic heterocycles. The third-order valence-electron chi connectivity index (χ3n) is 3.29. The zero-order chi connectivity index (χ0) is 15.4. The van der Waals surface area contributed by atoms with Crippen molar-refractivity contribution in [3.8, 4) is 0 Å². The van der Waals surface area contributed by atoms with Crippen molar-refractivity contribution in [1.29, 1.82) is 0 Å². The fourth-order valence-corrected chi connectivity index (χ4v) is 3.57. The van der Waals surface area contributed by atoms with Crippen LogP contribution < -0.4 is 5.73 Å². The summed E-state index contributed by atoms with van der Waals surface area (Å²) in [5, 5.41) is 2.79. The topological polar surface area (TPSA) is 82.3 Å². The first kappa shape index (κ1) is 17.6. The van der Waals surface area contributed by atoms with Gasteiger partial charge < -0.3 is 10.5 Å². The molecule has 0 aliphatic rings. The summed E-state index contributed by atoms with van der Waals surface area (Å²) in [5.41, 5.74) is 6.36. The summed E-state index contributed by atoms with van der Waals surface area (Å²) in [6.07, 6.45) is 2.43. The van der Waals surface area contributed by atoms with Crippen LogP contribution in [-0.2, 0) is 20.2 Å². The summed E-state index contributed by atoms with van der Waals surface area (Å²) in [6.45, 7) is 6.65. The van der Waals surface area contributed by atoms with E-state index in [1.54, 1.807) is 0 Å². The molecular formula is C13H24N2O3S2. The molecule has 0 aliphatic carbocycles. The SMILES string of the molecule is CCOC(C)(CC)c1nc(C(N)CCS(C)(=O)=O)cs1. The molecule has 0 aromatic carbocycles. The predicted octanol–water partition coefficient (Wildman–Crippen LogP) is 2.24. The van der Waals surface area contributed by atoms with Crippen LogP contribution in [0.4, 0.5) is 0 Å². The number of rotatable bonds is 8. The van der Waals surface area contributed by atoms with Crippen molar-refractivity contribution in [2.45, 2.75) is 45.3 Å². The van der Waals surface area contributed by atoms with Gasteiger partial charge >= 0.3 is 0 Å². The van der Waals surface area contributed by atoms with Crippen LogP contribution in [0, 0.1) is 0 Å². The van der Waals surface area contributed by atoms with Crippen molar-refractivity contribution in [2.24, 2.45) is 5.73 Å². The third-order valence-corrected chi connectivity index (χ3v) is 5.37. The number of thiazole rings is 1. The lowest BCUT2D eigenvalue weighted by Gasteiger charge is -2.25. The smallest absolute Gasteiger partial charge is 0.147 e. The Morgan fingerprint density at radius 1 is 1.50 bits per heavy atom. The van der Waals surface area contributed by atoms with Gasteiger partial charge in [0.25, 0.3) is 0 Å². The number of hydrogen-bond donors (Lipinski definition) is 1. The summed E-state index contributed by atoms with van der Waals surface area (Å²) in [6, 6.07) is -0.350. The van der Waals surface area contributed by atoms with E-state index < -0.39 is 15.4 Å². The largest absolute Gasteiger partial charge is 0.368 e. The summed E-state index contributed by atoms with van der Waals surface area (Å²) >= 11 is 1.52. The van der Waals surface area contributed by atoms with Gasteiger partial charge in [-0.25, -0.2) is 13.4 Å². The first-order valence-corrected chi connectivity index (χ1v) is 9.69. The molecule has 7 heteroatoms. The molecule has 0 amide bonds. The van der Waals surface area contributed by atoms with Gasteiger partial charge in [-0.3, -0.25) is 0 Å². The van der Waals surface area contributed by atoms with E-state index in [9.17, 15) is 8.42 Å². The van der Waals surface area contributed by atoms with Crippen LogP contribution in [0.15, 0.2) is 5.38 Å². The quantitative estimate of drug-likeness (QED) is 0.794. The Kier molecular flexibility index (Phi) is 6.12. The van der Waals surface area contributed by atoms with Crippen LogP contribution >= 0.6 is 11.3 Å². The van der Waals surface area contributed by atoms with Gasteiger partial charge in [-0.1, -0.05) is 6.92 Å². The van der Waals surface area contributed by atoms with Crippen LogP contribution in [-0.4, -0.2) is 32.0 Å². The minimum atomic E-state index is -2.99. The first-order chi connectivity index (χ1) is 9.22. The second-order valence-electron chi connectivity index (χ2n) is 5.12. The lowest BCUT2D eigenvalue weighted by molar-refractivity contribution is -0.0325. The minimum Gasteiger partial charge on any atom is -0.368 e. The highest BCUT2D eigenvalue weighted by Crippen LogP contribution is 2.32. The number of nitrogens with zero attached hydrogens (tertiary/aromatic N) is 1. The van der Waals surface area contributed by atoms with Crippen molar-refractivity contribution in [2.75, 3.05) is 18.6 Å². The normalized spacial score (nSPS) is 16.9. The zero-order valence-corrected chi connectivity index (χ0v) is 14.2. The fourth-order valence-electron chi connectivity index (χ4n) is 1.82. The molecule has 0 fully saturated rings. The van der Waals surface area contributed by atoms with E-state index in [0.717, 1.165) is 17.1 Å². The molecule has 1 aromatic rings. The van der Waals surface area contributed by atoms with Gasteiger partial charge in [-0.05, 0) is 26.7 Å². The van der Waals surface area contributed by atoms with Crippen LogP contribution in [0.25, 0.3) is 0 Å². The van der Waals surface area contributed by atoms with Gasteiger partial charge in [-0.2, -0.15) is 0 Å². The maximum absolute atomic E-state index is 11.2. The Hall–Kier alpha value is -0.500. The Morgan fingerprint density at radius 3 is 2.65 bits per heavy atom. The third kappa shape index (κ3) is 4.80. The Bertz CT molecular complexity index is 527. The van der Waals surface area contributed by atoms with Crippen molar-refractivity contribution >= 4 is 21.2 Å². The molecule has 2 atom stereocenters. The van der Waals surface area contributed by atoms with Crippen molar-refractivity contribution in [3.63, 3.8) is 0 Å². The van der Waals surface area contributed by atoms with Crippen LogP contribution in [0.2, 0.25) is 0 Å². The molecule has 0 spiro atoms. The van der Waals surface area contributed by atoms with Gasteiger partial charge in [0.2, 0.25) is 0 Å². The number of hydrogen-bond acceptors (Lipinski definition) is 6. The van der Waals surface area contributed by atoms with Crippen molar-refractivity contribution in [1.82, 2.24) is 4.98 Å². The molecule has 20 heavy (non-hydrogen) atoms. The van der Waals surface area contributed by atoms with E-state index in [1.807, 2.05) is 19.2 Å². The highest BCUT2D eigenvalue weighted by molar-refractivity contribution is 7.90. The summed E-state index contributed by atoms with van der Waals surface area (Å²) < 4.78 is 28.1. The van der Waals surface area contributed by atoms with Crippen molar-refractivity contribution < 1.29 is 13.2 Å². The molecular weight excluding hydrogens is 296 g/mol. The maximum Gasteiger partial charge on any atom is 0.147 e. The number of nitrogens with two attached hydrogens (primary N) is 1. The fraction of sp³-hybridized carbons (Fsp3) is 0.769. The number of aromatic nitrogens is 1. The minimum absolute atomic E-state index is 0.0809. The second kappa shape index (κ2) is 6.98. The average Bonchev–Trinajstić information content (AvgIpc) is 2.85. The summed E-state index contributed by atoms with van der Waals surface area (Å²) in [7, 11) is -2.99. The van der Waals surface area contributed by atoms with E-state index in [-0.39, 0.29) is 11.8 Å². The molecule has 5 nitrogen and oxygen atoms in total. The molecule has 116 valence electrons. The van der Waals surface area contributed by atoms with Crippen LogP contribution in [0.5, 0.6) is 0 Å². The van der Waals surface area contributed by atoms with Gasteiger partial charge in [0.15, 0.2) is 0 Å². The first-order valence-electron chi connectivity index (χ1n) is 6.75. The molecule has 0 radical (unpaired) electrons. The van der Waals surface area contributed by atoms with E-state index >= 15 is 0 Å². The highest BCUT2D eigenvalue weighted by atomic mass is 32.2. The Morgan fingerprint density at radius 2 is 2.15 bits per heavy atom. The molecule has 1 rings (SSSR count). The molecule has 0 saturated carbocycles. The molecule has 2 unspecified atom stereocenters. The lowest BCUT2D eigenvalue weighted by Crippen LogP contribution is -2.25. The van der Waals surface area contributed by atoms with E-state index in [0.29, 0.717) is 13.0 Å². The lowest BCUT2D eigenvalue weighted by atomic mass is 10.0. The number of sulfone groups is 1. The van der Waals surface area contributed by atoms with Gasteiger partial charge in [0, 0.05) is 24.3 Å². The zero-order valence-electron chi connectivity index (χ0n) is 12.5. The van der Waals surface area contributed by atoms with Crippen LogP contribution in [0.3, 0.4) is 0 Å². The maximum atomic E-state index is 11.2. The summed E-state index contributed by atoms with van der Waals surface area (Å²) in [4.78, 5) is 4.55. The van der Waals surface area contributed by atoms with E-state index in [1.165, 1.54) is 17.6 Å². The highest BCUT2D eigenvalue weighted by Gasteiger charge is 2.29.